The summed E-state index contributed by atoms with van der Waals surface area (Å²) < 4.78 is 0. The zero-order chi connectivity index (χ0) is 16.8. The average molecular weight is 342 g/mol. The predicted molar refractivity (Wildman–Crippen MR) is 95.8 cm³/mol. The summed E-state index contributed by atoms with van der Waals surface area (Å²) in [6.45, 7) is 0. The van der Waals surface area contributed by atoms with Gasteiger partial charge in [-0.25, -0.2) is 0 Å². The van der Waals surface area contributed by atoms with E-state index in [0.717, 1.165) is 23.4 Å². The molecule has 2 N–H and O–H groups in total. The summed E-state index contributed by atoms with van der Waals surface area (Å²) in [6.07, 6.45) is 3.76. The standard InChI is InChI=1S/C19H22N2O2S/c22-16-10-14(11-16)18(12-15-6-4-5-9-20-15)21-19(23)13-24-17-7-2-1-3-8-17/h1-9,14,16,18,22H,10-13H2,(H,21,23)/t14?,16?,18-/m1/s1. The lowest BCUT2D eigenvalue weighted by atomic mass is 9.76. The molecular formula is C19H22N2O2S. The maximum Gasteiger partial charge on any atom is 0.230 e. The molecule has 1 saturated carbocycles. The first-order valence-electron chi connectivity index (χ1n) is 8.26. The minimum absolute atomic E-state index is 0.0335. The fourth-order valence-electron chi connectivity index (χ4n) is 2.95. The molecule has 1 amide bonds. The Labute approximate surface area is 146 Å². The van der Waals surface area contributed by atoms with Crippen LogP contribution in [0.4, 0.5) is 0 Å². The number of hydrogen-bond donors (Lipinski definition) is 2. The SMILES string of the molecule is O=C(CSc1ccccc1)N[C@H](Cc1ccccn1)C1CC(O)C1. The second-order valence-electron chi connectivity index (χ2n) is 6.19. The third kappa shape index (κ3) is 4.82. The van der Waals surface area contributed by atoms with Gasteiger partial charge in [-0.15, -0.1) is 11.8 Å². The van der Waals surface area contributed by atoms with E-state index in [1.54, 1.807) is 6.20 Å². The Kier molecular flexibility index (Phi) is 5.88. The number of nitrogens with one attached hydrogen (secondary N) is 1. The maximum atomic E-state index is 12.3. The lowest BCUT2D eigenvalue weighted by molar-refractivity contribution is -0.120. The van der Waals surface area contributed by atoms with Crippen LogP contribution in [0, 0.1) is 5.92 Å². The third-order valence-electron chi connectivity index (χ3n) is 4.33. The first-order valence-corrected chi connectivity index (χ1v) is 9.24. The van der Waals surface area contributed by atoms with Gasteiger partial charge in [-0.1, -0.05) is 24.3 Å². The number of carbonyl (C=O) groups excluding carboxylic acids is 1. The van der Waals surface area contributed by atoms with Crippen molar-refractivity contribution in [3.8, 4) is 0 Å². The van der Waals surface area contributed by atoms with Gasteiger partial charge in [0.2, 0.25) is 5.91 Å². The molecule has 24 heavy (non-hydrogen) atoms. The molecule has 5 heteroatoms. The van der Waals surface area contributed by atoms with Crippen LogP contribution in [0.2, 0.25) is 0 Å². The van der Waals surface area contributed by atoms with Crippen molar-refractivity contribution >= 4 is 17.7 Å². The van der Waals surface area contributed by atoms with Crippen LogP contribution in [-0.2, 0) is 11.2 Å². The van der Waals surface area contributed by atoms with E-state index in [9.17, 15) is 9.90 Å². The van der Waals surface area contributed by atoms with Gasteiger partial charge < -0.3 is 10.4 Å². The first kappa shape index (κ1) is 17.0. The first-order chi connectivity index (χ1) is 11.7. The monoisotopic (exact) mass is 342 g/mol. The van der Waals surface area contributed by atoms with Crippen molar-refractivity contribution in [2.75, 3.05) is 5.75 Å². The smallest absolute Gasteiger partial charge is 0.230 e. The second-order valence-corrected chi connectivity index (χ2v) is 7.23. The van der Waals surface area contributed by atoms with Crippen molar-refractivity contribution in [1.29, 1.82) is 0 Å². The van der Waals surface area contributed by atoms with E-state index in [1.807, 2.05) is 48.5 Å². The molecule has 0 radical (unpaired) electrons. The van der Waals surface area contributed by atoms with Gasteiger partial charge in [-0.3, -0.25) is 9.78 Å². The van der Waals surface area contributed by atoms with Gasteiger partial charge >= 0.3 is 0 Å². The number of benzene rings is 1. The molecule has 1 heterocycles. The van der Waals surface area contributed by atoms with Gasteiger partial charge in [0.05, 0.1) is 11.9 Å². The summed E-state index contributed by atoms with van der Waals surface area (Å²) in [4.78, 5) is 17.8. The van der Waals surface area contributed by atoms with Crippen molar-refractivity contribution < 1.29 is 9.90 Å². The highest BCUT2D eigenvalue weighted by molar-refractivity contribution is 8.00. The van der Waals surface area contributed by atoms with Crippen molar-refractivity contribution in [1.82, 2.24) is 10.3 Å². The van der Waals surface area contributed by atoms with Crippen molar-refractivity contribution in [2.24, 2.45) is 5.92 Å². The van der Waals surface area contributed by atoms with Crippen LogP contribution in [0.5, 0.6) is 0 Å². The third-order valence-corrected chi connectivity index (χ3v) is 5.35. The Hall–Kier alpha value is -1.85. The van der Waals surface area contributed by atoms with Crippen LogP contribution in [-0.4, -0.2) is 33.9 Å². The van der Waals surface area contributed by atoms with E-state index < -0.39 is 0 Å². The Morgan fingerprint density at radius 2 is 1.96 bits per heavy atom. The highest BCUT2D eigenvalue weighted by Crippen LogP contribution is 2.31. The molecule has 1 aliphatic rings. The summed E-state index contributed by atoms with van der Waals surface area (Å²) in [7, 11) is 0. The van der Waals surface area contributed by atoms with Gasteiger partial charge in [-0.05, 0) is 43.0 Å². The summed E-state index contributed by atoms with van der Waals surface area (Å²) >= 11 is 1.54. The van der Waals surface area contributed by atoms with Crippen LogP contribution in [0.3, 0.4) is 0 Å². The molecule has 0 saturated heterocycles. The Bertz CT molecular complexity index is 645. The van der Waals surface area contributed by atoms with Crippen LogP contribution in [0.15, 0.2) is 59.6 Å². The van der Waals surface area contributed by atoms with Crippen molar-refractivity contribution in [2.45, 2.75) is 36.3 Å². The molecule has 0 aliphatic heterocycles. The van der Waals surface area contributed by atoms with E-state index >= 15 is 0 Å². The number of aliphatic hydroxyl groups is 1. The van der Waals surface area contributed by atoms with Crippen LogP contribution >= 0.6 is 11.8 Å². The molecule has 1 atom stereocenters. The van der Waals surface area contributed by atoms with E-state index in [0.29, 0.717) is 18.1 Å². The lowest BCUT2D eigenvalue weighted by Gasteiger charge is -2.38. The maximum absolute atomic E-state index is 12.3. The largest absolute Gasteiger partial charge is 0.393 e. The van der Waals surface area contributed by atoms with Gasteiger partial charge in [0.25, 0.3) is 0 Å². The van der Waals surface area contributed by atoms with Crippen LogP contribution < -0.4 is 5.32 Å². The number of carbonyl (C=O) groups is 1. The quantitative estimate of drug-likeness (QED) is 0.760. The Morgan fingerprint density at radius 3 is 2.62 bits per heavy atom. The van der Waals surface area contributed by atoms with Gasteiger partial charge in [-0.2, -0.15) is 0 Å². The molecule has 0 bridgehead atoms. The Balaban J connectivity index is 1.55. The number of aromatic nitrogens is 1. The zero-order valence-corrected chi connectivity index (χ0v) is 14.3. The predicted octanol–water partition coefficient (Wildman–Crippen LogP) is 2.67. The number of nitrogens with zero attached hydrogens (tertiary/aromatic N) is 1. The molecule has 1 aromatic carbocycles. The summed E-state index contributed by atoms with van der Waals surface area (Å²) in [6, 6.07) is 15.8. The molecule has 4 nitrogen and oxygen atoms in total. The summed E-state index contributed by atoms with van der Waals surface area (Å²) in [5, 5.41) is 12.7. The van der Waals surface area contributed by atoms with Crippen molar-refractivity contribution in [3.05, 3.63) is 60.4 Å². The molecule has 3 rings (SSSR count). The number of rotatable bonds is 7. The number of pyridine rings is 1. The molecule has 0 unspecified atom stereocenters. The summed E-state index contributed by atoms with van der Waals surface area (Å²) in [5.41, 5.74) is 0.972. The molecular weight excluding hydrogens is 320 g/mol. The molecule has 1 fully saturated rings. The number of aliphatic hydroxyl groups excluding tert-OH is 1. The van der Waals surface area contributed by atoms with Crippen LogP contribution in [0.1, 0.15) is 18.5 Å². The van der Waals surface area contributed by atoms with Gasteiger partial charge in [0.1, 0.15) is 0 Å². The highest BCUT2D eigenvalue weighted by Gasteiger charge is 2.34. The number of thioether (sulfide) groups is 1. The van der Waals surface area contributed by atoms with E-state index in [-0.39, 0.29) is 18.1 Å². The van der Waals surface area contributed by atoms with Gasteiger partial charge in [0.15, 0.2) is 0 Å². The van der Waals surface area contributed by atoms with E-state index in [1.165, 1.54) is 11.8 Å². The molecule has 1 aromatic heterocycles. The van der Waals surface area contributed by atoms with E-state index in [4.69, 9.17) is 0 Å². The minimum atomic E-state index is -0.225. The fraction of sp³-hybridized carbons (Fsp3) is 0.368. The molecule has 126 valence electrons. The lowest BCUT2D eigenvalue weighted by Crippen LogP contribution is -2.48. The van der Waals surface area contributed by atoms with E-state index in [2.05, 4.69) is 10.3 Å². The molecule has 0 spiro atoms. The molecule has 1 aliphatic carbocycles. The minimum Gasteiger partial charge on any atom is -0.393 e. The molecule has 2 aromatic rings. The fourth-order valence-corrected chi connectivity index (χ4v) is 3.68. The summed E-state index contributed by atoms with van der Waals surface area (Å²) in [5.74, 6) is 0.761. The van der Waals surface area contributed by atoms with Crippen LogP contribution in [0.25, 0.3) is 0 Å². The number of hydrogen-bond acceptors (Lipinski definition) is 4. The average Bonchev–Trinajstić information content (AvgIpc) is 2.58. The normalized spacial score (nSPS) is 20.9. The van der Waals surface area contributed by atoms with Gasteiger partial charge in [0, 0.05) is 29.2 Å². The topological polar surface area (TPSA) is 62.2 Å². The van der Waals surface area contributed by atoms with Crippen molar-refractivity contribution in [3.63, 3.8) is 0 Å². The second kappa shape index (κ2) is 8.31. The Morgan fingerprint density at radius 1 is 1.21 bits per heavy atom. The highest BCUT2D eigenvalue weighted by atomic mass is 32.2. The number of amides is 1. The zero-order valence-electron chi connectivity index (χ0n) is 13.5.